The summed E-state index contributed by atoms with van der Waals surface area (Å²) in [5.41, 5.74) is 0.370. The van der Waals surface area contributed by atoms with Crippen LogP contribution in [0.4, 0.5) is 0 Å². The third kappa shape index (κ3) is 6.76. The lowest BCUT2D eigenvalue weighted by Gasteiger charge is -2.34. The van der Waals surface area contributed by atoms with Crippen molar-refractivity contribution in [2.45, 2.75) is 85.2 Å². The van der Waals surface area contributed by atoms with Crippen molar-refractivity contribution in [1.29, 1.82) is 0 Å². The normalized spacial score (nSPS) is 18.0. The first-order valence-electron chi connectivity index (χ1n) is 8.46. The van der Waals surface area contributed by atoms with Crippen molar-refractivity contribution in [3.05, 3.63) is 0 Å². The fourth-order valence-electron chi connectivity index (χ4n) is 2.73. The summed E-state index contributed by atoms with van der Waals surface area (Å²) in [4.78, 5) is 2.75. The van der Waals surface area contributed by atoms with Gasteiger partial charge in [-0.2, -0.15) is 0 Å². The van der Waals surface area contributed by atoms with Crippen LogP contribution in [0.2, 0.25) is 0 Å². The highest BCUT2D eigenvalue weighted by Gasteiger charge is 2.30. The van der Waals surface area contributed by atoms with E-state index in [4.69, 9.17) is 0 Å². The van der Waals surface area contributed by atoms with Crippen molar-refractivity contribution in [2.24, 2.45) is 5.41 Å². The smallest absolute Gasteiger partial charge is 0.0128 e. The lowest BCUT2D eigenvalue weighted by Crippen LogP contribution is -2.43. The highest BCUT2D eigenvalue weighted by Crippen LogP contribution is 2.29. The molecule has 0 aromatic heterocycles. The molecule has 114 valence electrons. The predicted molar refractivity (Wildman–Crippen MR) is 85.7 cm³/mol. The van der Waals surface area contributed by atoms with Crippen LogP contribution in [0.1, 0.15) is 73.1 Å². The molecule has 0 spiro atoms. The number of unbranched alkanes of at least 4 members (excludes halogenated alkanes) is 1. The van der Waals surface area contributed by atoms with Crippen molar-refractivity contribution < 1.29 is 0 Å². The topological polar surface area (TPSA) is 15.3 Å². The van der Waals surface area contributed by atoms with E-state index in [-0.39, 0.29) is 0 Å². The molecule has 2 heteroatoms. The van der Waals surface area contributed by atoms with E-state index in [1.165, 1.54) is 51.6 Å². The average molecular weight is 268 g/mol. The zero-order valence-corrected chi connectivity index (χ0v) is 14.0. The van der Waals surface area contributed by atoms with Crippen LogP contribution in [0.15, 0.2) is 0 Å². The van der Waals surface area contributed by atoms with Gasteiger partial charge in [0.05, 0.1) is 0 Å². The molecule has 1 atom stereocenters. The third-order valence-electron chi connectivity index (χ3n) is 4.25. The molecule has 0 aliphatic heterocycles. The van der Waals surface area contributed by atoms with E-state index in [0.717, 1.165) is 12.6 Å². The number of nitrogens with one attached hydrogen (secondary N) is 1. The van der Waals surface area contributed by atoms with Gasteiger partial charge in [-0.05, 0) is 57.2 Å². The zero-order valence-electron chi connectivity index (χ0n) is 14.0. The minimum absolute atomic E-state index is 0.370. The Labute approximate surface area is 121 Å². The molecular formula is C17H36N2. The van der Waals surface area contributed by atoms with Gasteiger partial charge in [-0.3, -0.25) is 0 Å². The van der Waals surface area contributed by atoms with E-state index >= 15 is 0 Å². The number of hydrogen-bond donors (Lipinski definition) is 1. The number of rotatable bonds is 10. The maximum atomic E-state index is 3.75. The maximum Gasteiger partial charge on any atom is 0.0128 e. The van der Waals surface area contributed by atoms with Gasteiger partial charge in [-0.1, -0.05) is 41.0 Å². The van der Waals surface area contributed by atoms with Crippen LogP contribution < -0.4 is 5.32 Å². The van der Waals surface area contributed by atoms with Crippen molar-refractivity contribution in [3.8, 4) is 0 Å². The molecule has 0 aromatic carbocycles. The second-order valence-electron chi connectivity index (χ2n) is 7.28. The summed E-state index contributed by atoms with van der Waals surface area (Å²) in [6, 6.07) is 1.56. The average Bonchev–Trinajstić information content (AvgIpc) is 3.15. The van der Waals surface area contributed by atoms with Gasteiger partial charge in [0, 0.05) is 12.1 Å². The van der Waals surface area contributed by atoms with Crippen LogP contribution in [-0.4, -0.2) is 36.6 Å². The second-order valence-corrected chi connectivity index (χ2v) is 7.28. The van der Waals surface area contributed by atoms with Gasteiger partial charge in [0.2, 0.25) is 0 Å². The SMILES string of the molecule is CCCCN(CCC(NCCC)C(C)(C)C)C1CC1. The molecule has 1 unspecified atom stereocenters. The lowest BCUT2D eigenvalue weighted by atomic mass is 9.84. The predicted octanol–water partition coefficient (Wildman–Crippen LogP) is 4.06. The first-order chi connectivity index (χ1) is 8.99. The second kappa shape index (κ2) is 8.26. The Hall–Kier alpha value is -0.0800. The third-order valence-corrected chi connectivity index (χ3v) is 4.25. The summed E-state index contributed by atoms with van der Waals surface area (Å²) in [5.74, 6) is 0. The van der Waals surface area contributed by atoms with Crippen molar-refractivity contribution >= 4 is 0 Å². The van der Waals surface area contributed by atoms with Crippen LogP contribution in [0.5, 0.6) is 0 Å². The molecule has 1 aliphatic carbocycles. The van der Waals surface area contributed by atoms with Gasteiger partial charge >= 0.3 is 0 Å². The van der Waals surface area contributed by atoms with Crippen LogP contribution in [-0.2, 0) is 0 Å². The summed E-state index contributed by atoms with van der Waals surface area (Å²) in [6.45, 7) is 15.4. The Kier molecular flexibility index (Phi) is 7.38. The van der Waals surface area contributed by atoms with Gasteiger partial charge in [0.25, 0.3) is 0 Å². The fourth-order valence-corrected chi connectivity index (χ4v) is 2.73. The van der Waals surface area contributed by atoms with Crippen LogP contribution in [0, 0.1) is 5.41 Å². The minimum atomic E-state index is 0.370. The van der Waals surface area contributed by atoms with Gasteiger partial charge < -0.3 is 10.2 Å². The summed E-state index contributed by atoms with van der Waals surface area (Å²) in [7, 11) is 0. The van der Waals surface area contributed by atoms with E-state index in [9.17, 15) is 0 Å². The summed E-state index contributed by atoms with van der Waals surface area (Å²) in [6.07, 6.45) is 8.08. The van der Waals surface area contributed by atoms with E-state index < -0.39 is 0 Å². The molecule has 0 amide bonds. The first kappa shape index (κ1) is 17.0. The van der Waals surface area contributed by atoms with Gasteiger partial charge in [-0.25, -0.2) is 0 Å². The monoisotopic (exact) mass is 268 g/mol. The van der Waals surface area contributed by atoms with Crippen LogP contribution in [0.25, 0.3) is 0 Å². The van der Waals surface area contributed by atoms with Crippen LogP contribution >= 0.6 is 0 Å². The zero-order chi connectivity index (χ0) is 14.3. The molecule has 19 heavy (non-hydrogen) atoms. The van der Waals surface area contributed by atoms with E-state index in [1.807, 2.05) is 0 Å². The molecule has 1 rings (SSSR count). The first-order valence-corrected chi connectivity index (χ1v) is 8.46. The Morgan fingerprint density at radius 3 is 2.26 bits per heavy atom. The quantitative estimate of drug-likeness (QED) is 0.643. The Morgan fingerprint density at radius 1 is 1.11 bits per heavy atom. The van der Waals surface area contributed by atoms with Crippen molar-refractivity contribution in [2.75, 3.05) is 19.6 Å². The molecule has 1 aliphatic rings. The Bertz CT molecular complexity index is 228. The lowest BCUT2D eigenvalue weighted by molar-refractivity contribution is 0.197. The van der Waals surface area contributed by atoms with Crippen LogP contribution in [0.3, 0.4) is 0 Å². The standard InChI is InChI=1S/C17H36N2/c1-6-8-13-19(15-9-10-15)14-11-16(17(3,4)5)18-12-7-2/h15-16,18H,6-14H2,1-5H3. The number of nitrogens with zero attached hydrogens (tertiary/aromatic N) is 1. The summed E-state index contributed by atoms with van der Waals surface area (Å²) in [5, 5.41) is 3.75. The fraction of sp³-hybridized carbons (Fsp3) is 1.00. The largest absolute Gasteiger partial charge is 0.313 e. The van der Waals surface area contributed by atoms with Gasteiger partial charge in [0.15, 0.2) is 0 Å². The van der Waals surface area contributed by atoms with Crippen molar-refractivity contribution in [1.82, 2.24) is 10.2 Å². The molecular weight excluding hydrogens is 232 g/mol. The molecule has 0 radical (unpaired) electrons. The van der Waals surface area contributed by atoms with E-state index in [2.05, 4.69) is 44.8 Å². The molecule has 1 saturated carbocycles. The molecule has 0 aromatic rings. The highest BCUT2D eigenvalue weighted by atomic mass is 15.2. The molecule has 0 heterocycles. The molecule has 0 bridgehead atoms. The maximum absolute atomic E-state index is 3.75. The minimum Gasteiger partial charge on any atom is -0.313 e. The summed E-state index contributed by atoms with van der Waals surface area (Å²) < 4.78 is 0. The van der Waals surface area contributed by atoms with E-state index in [1.54, 1.807) is 0 Å². The summed E-state index contributed by atoms with van der Waals surface area (Å²) >= 11 is 0. The van der Waals surface area contributed by atoms with Gasteiger partial charge in [0.1, 0.15) is 0 Å². The Morgan fingerprint density at radius 2 is 1.79 bits per heavy atom. The molecule has 1 fully saturated rings. The number of hydrogen-bond acceptors (Lipinski definition) is 2. The highest BCUT2D eigenvalue weighted by molar-refractivity contribution is 4.87. The van der Waals surface area contributed by atoms with E-state index in [0.29, 0.717) is 11.5 Å². The molecule has 0 saturated heterocycles. The van der Waals surface area contributed by atoms with Crippen molar-refractivity contribution in [3.63, 3.8) is 0 Å². The molecule has 1 N–H and O–H groups in total. The van der Waals surface area contributed by atoms with Gasteiger partial charge in [-0.15, -0.1) is 0 Å². The molecule has 2 nitrogen and oxygen atoms in total. The Balaban J connectivity index is 2.39.